The van der Waals surface area contributed by atoms with Gasteiger partial charge in [0.05, 0.1) is 0 Å². The summed E-state index contributed by atoms with van der Waals surface area (Å²) in [6, 6.07) is 7.73. The van der Waals surface area contributed by atoms with Crippen molar-refractivity contribution in [3.8, 4) is 11.6 Å². The Morgan fingerprint density at radius 1 is 1.30 bits per heavy atom. The molecule has 0 saturated heterocycles. The van der Waals surface area contributed by atoms with Crippen LogP contribution in [-0.4, -0.2) is 11.5 Å². The van der Waals surface area contributed by atoms with Crippen molar-refractivity contribution in [2.45, 2.75) is 26.7 Å². The molecule has 0 radical (unpaired) electrons. The van der Waals surface area contributed by atoms with Gasteiger partial charge < -0.3 is 10.5 Å². The third kappa shape index (κ3) is 3.50. The summed E-state index contributed by atoms with van der Waals surface area (Å²) in [5.74, 6) is 1.38. The number of nitrogens with two attached hydrogens (primary N) is 1. The first-order valence-electron chi connectivity index (χ1n) is 6.76. The number of nitrogens with zero attached hydrogens (tertiary/aromatic N) is 1. The molecule has 3 nitrogen and oxygen atoms in total. The van der Waals surface area contributed by atoms with Gasteiger partial charge in [0.2, 0.25) is 5.88 Å². The fourth-order valence-corrected chi connectivity index (χ4v) is 2.28. The topological polar surface area (TPSA) is 48.1 Å². The van der Waals surface area contributed by atoms with Crippen LogP contribution in [0.1, 0.15) is 23.6 Å². The summed E-state index contributed by atoms with van der Waals surface area (Å²) in [4.78, 5) is 4.36. The van der Waals surface area contributed by atoms with E-state index >= 15 is 0 Å². The van der Waals surface area contributed by atoms with Gasteiger partial charge in [0, 0.05) is 16.8 Å². The quantitative estimate of drug-likeness (QED) is 0.908. The summed E-state index contributed by atoms with van der Waals surface area (Å²) < 4.78 is 5.84. The van der Waals surface area contributed by atoms with Crippen LogP contribution >= 0.6 is 11.6 Å². The van der Waals surface area contributed by atoms with Gasteiger partial charge in [0.25, 0.3) is 0 Å². The van der Waals surface area contributed by atoms with Crippen molar-refractivity contribution in [3.63, 3.8) is 0 Å². The highest BCUT2D eigenvalue weighted by Crippen LogP contribution is 2.27. The molecule has 0 atom stereocenters. The van der Waals surface area contributed by atoms with Crippen molar-refractivity contribution < 1.29 is 4.74 Å². The standard InChI is InChI=1S/C16H19ClN2O/c1-3-13-9-14(4-5-15(13)17)20-16-11(2)8-12(6-7-18)10-19-16/h4-5,8-10H,3,6-7,18H2,1-2H3. The molecule has 0 unspecified atom stereocenters. The maximum Gasteiger partial charge on any atom is 0.222 e. The Balaban J connectivity index is 2.21. The molecular formula is C16H19ClN2O. The Bertz CT molecular complexity index is 599. The number of pyridine rings is 1. The van der Waals surface area contributed by atoms with Crippen LogP contribution in [0.2, 0.25) is 5.02 Å². The molecule has 2 N–H and O–H groups in total. The van der Waals surface area contributed by atoms with Gasteiger partial charge in [0.1, 0.15) is 5.75 Å². The van der Waals surface area contributed by atoms with Crippen LogP contribution in [-0.2, 0) is 12.8 Å². The maximum absolute atomic E-state index is 6.10. The fraction of sp³-hybridized carbons (Fsp3) is 0.312. The summed E-state index contributed by atoms with van der Waals surface area (Å²) in [6.07, 6.45) is 3.51. The third-order valence-electron chi connectivity index (χ3n) is 3.13. The number of hydrogen-bond acceptors (Lipinski definition) is 3. The van der Waals surface area contributed by atoms with Gasteiger partial charge in [-0.15, -0.1) is 0 Å². The first-order chi connectivity index (χ1) is 9.63. The molecule has 0 aliphatic heterocycles. The highest BCUT2D eigenvalue weighted by atomic mass is 35.5. The largest absolute Gasteiger partial charge is 0.439 e. The second kappa shape index (κ2) is 6.73. The lowest BCUT2D eigenvalue weighted by Crippen LogP contribution is -2.03. The zero-order chi connectivity index (χ0) is 14.5. The Morgan fingerprint density at radius 3 is 2.75 bits per heavy atom. The molecule has 0 saturated carbocycles. The molecule has 0 fully saturated rings. The molecule has 0 aliphatic rings. The van der Waals surface area contributed by atoms with Crippen LogP contribution < -0.4 is 10.5 Å². The second-order valence-electron chi connectivity index (χ2n) is 4.71. The lowest BCUT2D eigenvalue weighted by atomic mass is 10.1. The number of rotatable bonds is 5. The predicted octanol–water partition coefficient (Wildman–Crippen LogP) is 3.90. The van der Waals surface area contributed by atoms with E-state index in [9.17, 15) is 0 Å². The number of hydrogen-bond donors (Lipinski definition) is 1. The molecule has 0 bridgehead atoms. The lowest BCUT2D eigenvalue weighted by molar-refractivity contribution is 0.458. The second-order valence-corrected chi connectivity index (χ2v) is 5.12. The van der Waals surface area contributed by atoms with Crippen LogP contribution in [0.15, 0.2) is 30.5 Å². The predicted molar refractivity (Wildman–Crippen MR) is 82.6 cm³/mol. The molecule has 1 heterocycles. The molecule has 0 aliphatic carbocycles. The molecule has 106 valence electrons. The van der Waals surface area contributed by atoms with Crippen molar-refractivity contribution in [2.24, 2.45) is 5.73 Å². The molecule has 0 amide bonds. The van der Waals surface area contributed by atoms with Crippen molar-refractivity contribution in [1.29, 1.82) is 0 Å². The van der Waals surface area contributed by atoms with Gasteiger partial charge in [-0.2, -0.15) is 0 Å². The summed E-state index contributed by atoms with van der Waals surface area (Å²) in [5.41, 5.74) is 8.75. The minimum absolute atomic E-state index is 0.621. The van der Waals surface area contributed by atoms with E-state index in [1.165, 1.54) is 0 Å². The molecule has 2 rings (SSSR count). The third-order valence-corrected chi connectivity index (χ3v) is 3.50. The monoisotopic (exact) mass is 290 g/mol. The van der Waals surface area contributed by atoms with E-state index in [-0.39, 0.29) is 0 Å². The van der Waals surface area contributed by atoms with Crippen LogP contribution in [0.3, 0.4) is 0 Å². The molecule has 4 heteroatoms. The first-order valence-corrected chi connectivity index (χ1v) is 7.13. The molecule has 0 spiro atoms. The number of aromatic nitrogens is 1. The lowest BCUT2D eigenvalue weighted by Gasteiger charge is -2.10. The highest BCUT2D eigenvalue weighted by Gasteiger charge is 2.06. The average molecular weight is 291 g/mol. The summed E-state index contributed by atoms with van der Waals surface area (Å²) in [6.45, 7) is 4.67. The van der Waals surface area contributed by atoms with Crippen molar-refractivity contribution in [3.05, 3.63) is 52.2 Å². The van der Waals surface area contributed by atoms with Gasteiger partial charge in [-0.3, -0.25) is 0 Å². The van der Waals surface area contributed by atoms with E-state index in [2.05, 4.69) is 18.0 Å². The Labute approximate surface area is 124 Å². The normalized spacial score (nSPS) is 10.6. The van der Waals surface area contributed by atoms with Crippen molar-refractivity contribution >= 4 is 11.6 Å². The van der Waals surface area contributed by atoms with E-state index in [0.29, 0.717) is 12.4 Å². The minimum atomic E-state index is 0.621. The SMILES string of the molecule is CCc1cc(Oc2ncc(CCN)cc2C)ccc1Cl. The zero-order valence-electron chi connectivity index (χ0n) is 11.8. The smallest absolute Gasteiger partial charge is 0.222 e. The average Bonchev–Trinajstić information content (AvgIpc) is 2.44. The number of benzene rings is 1. The van der Waals surface area contributed by atoms with Crippen LogP contribution in [0.5, 0.6) is 11.6 Å². The van der Waals surface area contributed by atoms with E-state index < -0.39 is 0 Å². The molecular weight excluding hydrogens is 272 g/mol. The summed E-state index contributed by atoms with van der Waals surface area (Å²) in [7, 11) is 0. The van der Waals surface area contributed by atoms with Crippen molar-refractivity contribution in [1.82, 2.24) is 4.98 Å². The number of aryl methyl sites for hydroxylation is 2. The van der Waals surface area contributed by atoms with Gasteiger partial charge in [0.15, 0.2) is 0 Å². The van der Waals surface area contributed by atoms with Crippen LogP contribution in [0.4, 0.5) is 0 Å². The van der Waals surface area contributed by atoms with Gasteiger partial charge in [-0.1, -0.05) is 18.5 Å². The summed E-state index contributed by atoms with van der Waals surface area (Å²) in [5, 5.41) is 0.767. The zero-order valence-corrected chi connectivity index (χ0v) is 12.6. The highest BCUT2D eigenvalue weighted by molar-refractivity contribution is 6.31. The molecule has 1 aromatic carbocycles. The Kier molecular flexibility index (Phi) is 4.99. The molecule has 1 aromatic heterocycles. The van der Waals surface area contributed by atoms with Crippen molar-refractivity contribution in [2.75, 3.05) is 6.54 Å². The number of ether oxygens (including phenoxy) is 1. The van der Waals surface area contributed by atoms with Gasteiger partial charge in [-0.25, -0.2) is 4.98 Å². The Morgan fingerprint density at radius 2 is 2.10 bits per heavy atom. The van der Waals surface area contributed by atoms with E-state index in [1.807, 2.05) is 31.3 Å². The van der Waals surface area contributed by atoms with Gasteiger partial charge >= 0.3 is 0 Å². The Hall–Kier alpha value is -1.58. The fourth-order valence-electron chi connectivity index (χ4n) is 2.03. The van der Waals surface area contributed by atoms with Gasteiger partial charge in [-0.05, 0) is 61.7 Å². The minimum Gasteiger partial charge on any atom is -0.439 e. The molecule has 20 heavy (non-hydrogen) atoms. The van der Waals surface area contributed by atoms with Crippen LogP contribution in [0, 0.1) is 6.92 Å². The van der Waals surface area contributed by atoms with E-state index in [4.69, 9.17) is 22.1 Å². The van der Waals surface area contributed by atoms with E-state index in [0.717, 1.165) is 40.3 Å². The first kappa shape index (κ1) is 14.8. The van der Waals surface area contributed by atoms with E-state index in [1.54, 1.807) is 0 Å². The van der Waals surface area contributed by atoms with Crippen LogP contribution in [0.25, 0.3) is 0 Å². The summed E-state index contributed by atoms with van der Waals surface area (Å²) >= 11 is 6.10. The molecule has 2 aromatic rings. The maximum atomic E-state index is 6.10. The number of halogens is 1.